The molecule has 0 spiro atoms. The van der Waals surface area contributed by atoms with E-state index in [0.29, 0.717) is 18.0 Å². The van der Waals surface area contributed by atoms with Crippen molar-refractivity contribution < 1.29 is 9.59 Å². The summed E-state index contributed by atoms with van der Waals surface area (Å²) in [4.78, 5) is 31.9. The number of anilines is 2. The second kappa shape index (κ2) is 7.75. The van der Waals surface area contributed by atoms with Gasteiger partial charge in [-0.05, 0) is 60.6 Å². The maximum absolute atomic E-state index is 13.1. The number of nitrogens with zero attached hydrogens (tertiary/aromatic N) is 2. The van der Waals surface area contributed by atoms with Crippen LogP contribution in [0.3, 0.4) is 0 Å². The molecule has 1 saturated carbocycles. The fraction of sp³-hybridized carbons (Fsp3) is 0.240. The minimum Gasteiger partial charge on any atom is -0.325 e. The maximum atomic E-state index is 13.1. The smallest absolute Gasteiger partial charge is 0.259 e. The summed E-state index contributed by atoms with van der Waals surface area (Å²) in [7, 11) is 0. The lowest BCUT2D eigenvalue weighted by Crippen LogP contribution is -2.29. The third-order valence-corrected chi connectivity index (χ3v) is 5.94. The number of fused-ring (bicyclic) bond motifs is 1. The SMILES string of the molecule is O=C(Nc1ccc2c(c1)N(C(=O)c1cccnc1)CC2)C(c1ccccc1)C1CC1. The van der Waals surface area contributed by atoms with E-state index in [1.807, 2.05) is 48.5 Å². The molecule has 1 aromatic heterocycles. The van der Waals surface area contributed by atoms with Crippen LogP contribution < -0.4 is 10.2 Å². The molecule has 1 unspecified atom stereocenters. The Labute approximate surface area is 175 Å². The number of hydrogen-bond acceptors (Lipinski definition) is 3. The van der Waals surface area contributed by atoms with Gasteiger partial charge in [-0.2, -0.15) is 0 Å². The van der Waals surface area contributed by atoms with Crippen molar-refractivity contribution in [2.75, 3.05) is 16.8 Å². The van der Waals surface area contributed by atoms with E-state index >= 15 is 0 Å². The van der Waals surface area contributed by atoms with Crippen LogP contribution in [0.5, 0.6) is 0 Å². The molecule has 5 rings (SSSR count). The topological polar surface area (TPSA) is 62.3 Å². The summed E-state index contributed by atoms with van der Waals surface area (Å²) in [6.07, 6.45) is 6.23. The van der Waals surface area contributed by atoms with Crippen LogP contribution in [-0.4, -0.2) is 23.3 Å². The molecule has 5 nitrogen and oxygen atoms in total. The molecule has 1 atom stereocenters. The van der Waals surface area contributed by atoms with Gasteiger partial charge in [0.25, 0.3) is 5.91 Å². The standard InChI is InChI=1S/C25H23N3O2/c29-24(23(19-8-9-19)18-5-2-1-3-6-18)27-21-11-10-17-12-14-28(22(17)15-21)25(30)20-7-4-13-26-16-20/h1-7,10-11,13,15-16,19,23H,8-9,12,14H2,(H,27,29). The monoisotopic (exact) mass is 397 g/mol. The molecule has 30 heavy (non-hydrogen) atoms. The molecule has 2 amide bonds. The zero-order valence-corrected chi connectivity index (χ0v) is 16.6. The molecule has 2 aromatic carbocycles. The maximum Gasteiger partial charge on any atom is 0.259 e. The van der Waals surface area contributed by atoms with Gasteiger partial charge in [-0.1, -0.05) is 36.4 Å². The Morgan fingerprint density at radius 3 is 2.60 bits per heavy atom. The molecule has 0 radical (unpaired) electrons. The van der Waals surface area contributed by atoms with Gasteiger partial charge in [0.2, 0.25) is 5.91 Å². The Hall–Kier alpha value is -3.47. The second-order valence-electron chi connectivity index (χ2n) is 8.01. The highest BCUT2D eigenvalue weighted by atomic mass is 16.2. The normalized spacial score (nSPS) is 16.1. The number of nitrogens with one attached hydrogen (secondary N) is 1. The molecule has 1 fully saturated rings. The highest BCUT2D eigenvalue weighted by Crippen LogP contribution is 2.43. The molecule has 5 heteroatoms. The van der Waals surface area contributed by atoms with Crippen LogP contribution in [0.2, 0.25) is 0 Å². The van der Waals surface area contributed by atoms with Crippen LogP contribution in [0.15, 0.2) is 73.1 Å². The Morgan fingerprint density at radius 2 is 1.87 bits per heavy atom. The predicted molar refractivity (Wildman–Crippen MR) is 117 cm³/mol. The molecule has 1 N–H and O–H groups in total. The lowest BCUT2D eigenvalue weighted by molar-refractivity contribution is -0.118. The lowest BCUT2D eigenvalue weighted by Gasteiger charge is -2.20. The Balaban J connectivity index is 1.38. The molecular formula is C25H23N3O2. The van der Waals surface area contributed by atoms with Gasteiger partial charge in [0.05, 0.1) is 11.5 Å². The van der Waals surface area contributed by atoms with Gasteiger partial charge in [-0.3, -0.25) is 14.6 Å². The molecule has 150 valence electrons. The fourth-order valence-corrected chi connectivity index (χ4v) is 4.26. The fourth-order valence-electron chi connectivity index (χ4n) is 4.26. The second-order valence-corrected chi connectivity index (χ2v) is 8.01. The average Bonchev–Trinajstić information content (AvgIpc) is 3.52. The third-order valence-electron chi connectivity index (χ3n) is 5.94. The van der Waals surface area contributed by atoms with Gasteiger partial charge in [0.15, 0.2) is 0 Å². The molecule has 3 aromatic rings. The third kappa shape index (κ3) is 3.59. The van der Waals surface area contributed by atoms with Crippen LogP contribution >= 0.6 is 0 Å². The minimum absolute atomic E-state index is 0.0202. The molecule has 2 heterocycles. The first-order valence-electron chi connectivity index (χ1n) is 10.4. The summed E-state index contributed by atoms with van der Waals surface area (Å²) in [5.41, 5.74) is 4.34. The zero-order valence-electron chi connectivity index (χ0n) is 16.6. The summed E-state index contributed by atoms with van der Waals surface area (Å²) in [5.74, 6) is 0.232. The van der Waals surface area contributed by atoms with E-state index in [2.05, 4.69) is 10.3 Å². The van der Waals surface area contributed by atoms with E-state index in [1.165, 1.54) is 0 Å². The number of benzene rings is 2. The lowest BCUT2D eigenvalue weighted by atomic mass is 9.93. The van der Waals surface area contributed by atoms with Crippen LogP contribution in [0, 0.1) is 5.92 Å². The van der Waals surface area contributed by atoms with Crippen molar-refractivity contribution in [3.05, 3.63) is 89.7 Å². The zero-order chi connectivity index (χ0) is 20.5. The van der Waals surface area contributed by atoms with Gasteiger partial charge in [-0.15, -0.1) is 0 Å². The van der Waals surface area contributed by atoms with Gasteiger partial charge in [-0.25, -0.2) is 0 Å². The number of pyridine rings is 1. The molecule has 1 aliphatic carbocycles. The number of carbonyl (C=O) groups excluding carboxylic acids is 2. The van der Waals surface area contributed by atoms with Gasteiger partial charge < -0.3 is 10.2 Å². The predicted octanol–water partition coefficient (Wildman–Crippen LogP) is 4.42. The van der Waals surface area contributed by atoms with E-state index in [4.69, 9.17) is 0 Å². The van der Waals surface area contributed by atoms with E-state index < -0.39 is 0 Å². The van der Waals surface area contributed by atoms with Crippen LogP contribution in [0.1, 0.15) is 40.2 Å². The number of rotatable bonds is 5. The van der Waals surface area contributed by atoms with E-state index in [9.17, 15) is 9.59 Å². The summed E-state index contributed by atoms with van der Waals surface area (Å²) in [6.45, 7) is 0.634. The van der Waals surface area contributed by atoms with Crippen molar-refractivity contribution in [1.29, 1.82) is 0 Å². The first-order valence-corrected chi connectivity index (χ1v) is 10.4. The highest BCUT2D eigenvalue weighted by Gasteiger charge is 2.37. The molecule has 0 bridgehead atoms. The van der Waals surface area contributed by atoms with Gasteiger partial charge >= 0.3 is 0 Å². The first kappa shape index (κ1) is 18.6. The summed E-state index contributed by atoms with van der Waals surface area (Å²) >= 11 is 0. The van der Waals surface area contributed by atoms with Crippen molar-refractivity contribution >= 4 is 23.2 Å². The molecular weight excluding hydrogens is 374 g/mol. The number of amides is 2. The van der Waals surface area contributed by atoms with E-state index in [1.54, 1.807) is 29.4 Å². The van der Waals surface area contributed by atoms with Crippen molar-refractivity contribution in [3.63, 3.8) is 0 Å². The Kier molecular flexibility index (Phi) is 4.79. The molecule has 0 saturated heterocycles. The van der Waals surface area contributed by atoms with Gasteiger partial charge in [0, 0.05) is 30.3 Å². The Morgan fingerprint density at radius 1 is 1.03 bits per heavy atom. The average molecular weight is 397 g/mol. The van der Waals surface area contributed by atoms with E-state index in [0.717, 1.165) is 41.8 Å². The van der Waals surface area contributed by atoms with Crippen LogP contribution in [-0.2, 0) is 11.2 Å². The van der Waals surface area contributed by atoms with Crippen LogP contribution in [0.4, 0.5) is 11.4 Å². The largest absolute Gasteiger partial charge is 0.325 e. The Bertz CT molecular complexity index is 1080. The number of hydrogen-bond donors (Lipinski definition) is 1. The van der Waals surface area contributed by atoms with Crippen molar-refractivity contribution in [2.24, 2.45) is 5.92 Å². The minimum atomic E-state index is -0.132. The number of carbonyl (C=O) groups is 2. The van der Waals surface area contributed by atoms with Crippen LogP contribution in [0.25, 0.3) is 0 Å². The first-order chi connectivity index (χ1) is 14.7. The quantitative estimate of drug-likeness (QED) is 0.693. The van der Waals surface area contributed by atoms with E-state index in [-0.39, 0.29) is 17.7 Å². The number of aromatic nitrogens is 1. The van der Waals surface area contributed by atoms with Crippen molar-refractivity contribution in [3.8, 4) is 0 Å². The summed E-state index contributed by atoms with van der Waals surface area (Å²) < 4.78 is 0. The molecule has 1 aliphatic heterocycles. The highest BCUT2D eigenvalue weighted by molar-refractivity contribution is 6.07. The summed E-state index contributed by atoms with van der Waals surface area (Å²) in [5, 5.41) is 3.10. The van der Waals surface area contributed by atoms with Crippen molar-refractivity contribution in [1.82, 2.24) is 4.98 Å². The van der Waals surface area contributed by atoms with Crippen molar-refractivity contribution in [2.45, 2.75) is 25.2 Å². The summed E-state index contributed by atoms with van der Waals surface area (Å²) in [6, 6.07) is 19.4. The molecule has 2 aliphatic rings. The van der Waals surface area contributed by atoms with Gasteiger partial charge in [0.1, 0.15) is 0 Å².